The lowest BCUT2D eigenvalue weighted by molar-refractivity contribution is -0.133. The molecule has 0 bridgehead atoms. The van der Waals surface area contributed by atoms with Crippen LogP contribution in [0.25, 0.3) is 11.0 Å². The van der Waals surface area contributed by atoms with Crippen LogP contribution in [0.15, 0.2) is 28.8 Å². The van der Waals surface area contributed by atoms with Crippen molar-refractivity contribution >= 4 is 16.9 Å². The van der Waals surface area contributed by atoms with Crippen LogP contribution in [-0.4, -0.2) is 42.5 Å². The molecule has 3 heterocycles. The summed E-state index contributed by atoms with van der Waals surface area (Å²) in [6.07, 6.45) is 1.78. The molecule has 25 heavy (non-hydrogen) atoms. The van der Waals surface area contributed by atoms with Crippen LogP contribution in [0.2, 0.25) is 0 Å². The molecule has 1 aliphatic heterocycles. The van der Waals surface area contributed by atoms with Crippen molar-refractivity contribution in [2.24, 2.45) is 0 Å². The third-order valence-corrected chi connectivity index (χ3v) is 4.53. The van der Waals surface area contributed by atoms with Crippen molar-refractivity contribution in [2.45, 2.75) is 45.2 Å². The van der Waals surface area contributed by atoms with Gasteiger partial charge in [0.15, 0.2) is 5.82 Å². The molecule has 0 radical (unpaired) electrons. The highest BCUT2D eigenvalue weighted by atomic mass is 16.5. The van der Waals surface area contributed by atoms with Crippen molar-refractivity contribution in [3.05, 3.63) is 36.0 Å². The Balaban J connectivity index is 1.54. The summed E-state index contributed by atoms with van der Waals surface area (Å²) in [6, 6.07) is 7.49. The monoisotopic (exact) mass is 340 g/mol. The molecule has 3 aromatic rings. The summed E-state index contributed by atoms with van der Waals surface area (Å²) >= 11 is 0. The largest absolute Gasteiger partial charge is 0.339 e. The number of amides is 1. The van der Waals surface area contributed by atoms with E-state index in [2.05, 4.69) is 20.5 Å². The van der Waals surface area contributed by atoms with Gasteiger partial charge in [-0.15, -0.1) is 5.10 Å². The molecule has 1 atom stereocenters. The van der Waals surface area contributed by atoms with Gasteiger partial charge in [0.1, 0.15) is 12.1 Å². The van der Waals surface area contributed by atoms with Crippen LogP contribution in [0.4, 0.5) is 0 Å². The zero-order valence-electron chi connectivity index (χ0n) is 14.3. The van der Waals surface area contributed by atoms with Gasteiger partial charge in [-0.3, -0.25) is 4.79 Å². The van der Waals surface area contributed by atoms with Crippen molar-refractivity contribution < 1.29 is 9.32 Å². The van der Waals surface area contributed by atoms with E-state index in [0.29, 0.717) is 18.3 Å². The zero-order chi connectivity index (χ0) is 17.4. The Morgan fingerprint density at radius 2 is 2.20 bits per heavy atom. The Hall–Kier alpha value is -2.77. The topological polar surface area (TPSA) is 89.9 Å². The van der Waals surface area contributed by atoms with E-state index < -0.39 is 0 Å². The summed E-state index contributed by atoms with van der Waals surface area (Å²) in [4.78, 5) is 19.1. The lowest BCUT2D eigenvalue weighted by Crippen LogP contribution is -2.34. The molecule has 0 spiro atoms. The minimum atomic E-state index is -0.126. The number of hydrogen-bond acceptors (Lipinski definition) is 6. The smallest absolute Gasteiger partial charge is 0.245 e. The van der Waals surface area contributed by atoms with Crippen molar-refractivity contribution in [1.29, 1.82) is 0 Å². The summed E-state index contributed by atoms with van der Waals surface area (Å²) in [6.45, 7) is 4.86. The Morgan fingerprint density at radius 1 is 1.36 bits per heavy atom. The number of aromatic nitrogens is 5. The van der Waals surface area contributed by atoms with E-state index in [4.69, 9.17) is 4.52 Å². The number of carbonyl (C=O) groups excluding carboxylic acids is 1. The van der Waals surface area contributed by atoms with Crippen molar-refractivity contribution in [3.8, 4) is 0 Å². The van der Waals surface area contributed by atoms with Crippen LogP contribution >= 0.6 is 0 Å². The molecule has 1 fully saturated rings. The molecule has 1 aromatic carbocycles. The number of fused-ring (bicyclic) bond motifs is 1. The number of benzene rings is 1. The van der Waals surface area contributed by atoms with Crippen LogP contribution < -0.4 is 0 Å². The van der Waals surface area contributed by atoms with Gasteiger partial charge in [0, 0.05) is 12.5 Å². The standard InChI is InChI=1S/C17H20N6O2/c1-11(2)17-18-16(20-25-17)14-8-5-9-22(14)15(24)10-23-13-7-4-3-6-12(13)19-21-23/h3-4,6-7,11,14H,5,8-10H2,1-2H3. The van der Waals surface area contributed by atoms with Gasteiger partial charge in [0.25, 0.3) is 0 Å². The highest BCUT2D eigenvalue weighted by Crippen LogP contribution is 2.31. The van der Waals surface area contributed by atoms with E-state index in [1.807, 2.05) is 43.0 Å². The average Bonchev–Trinajstić information content (AvgIpc) is 3.34. The van der Waals surface area contributed by atoms with Crippen LogP contribution in [0.3, 0.4) is 0 Å². The molecule has 8 heteroatoms. The fourth-order valence-electron chi connectivity index (χ4n) is 3.20. The zero-order valence-corrected chi connectivity index (χ0v) is 14.3. The van der Waals surface area contributed by atoms with Crippen LogP contribution in [0.1, 0.15) is 50.4 Å². The lowest BCUT2D eigenvalue weighted by atomic mass is 10.2. The first-order valence-corrected chi connectivity index (χ1v) is 8.54. The predicted octanol–water partition coefficient (Wildman–Crippen LogP) is 2.30. The van der Waals surface area contributed by atoms with Gasteiger partial charge in [-0.25, -0.2) is 4.68 Å². The number of para-hydroxylation sites is 1. The third-order valence-electron chi connectivity index (χ3n) is 4.53. The molecule has 1 aliphatic rings. The second-order valence-electron chi connectivity index (χ2n) is 6.63. The number of likely N-dealkylation sites (tertiary alicyclic amines) is 1. The highest BCUT2D eigenvalue weighted by molar-refractivity contribution is 5.80. The third kappa shape index (κ3) is 2.88. The number of rotatable bonds is 4. The Bertz CT molecular complexity index is 899. The first-order chi connectivity index (χ1) is 12.1. The van der Waals surface area contributed by atoms with E-state index in [1.165, 1.54) is 0 Å². The Labute approximate surface area is 144 Å². The second-order valence-corrected chi connectivity index (χ2v) is 6.63. The number of hydrogen-bond donors (Lipinski definition) is 0. The molecule has 1 amide bonds. The summed E-state index contributed by atoms with van der Waals surface area (Å²) in [5.41, 5.74) is 1.64. The fourth-order valence-corrected chi connectivity index (χ4v) is 3.20. The summed E-state index contributed by atoms with van der Waals surface area (Å²) in [7, 11) is 0. The molecule has 0 N–H and O–H groups in total. The summed E-state index contributed by atoms with van der Waals surface area (Å²) in [5, 5.41) is 12.3. The van der Waals surface area contributed by atoms with Crippen LogP contribution in [-0.2, 0) is 11.3 Å². The first kappa shape index (κ1) is 15.7. The molecule has 1 saturated heterocycles. The van der Waals surface area contributed by atoms with Gasteiger partial charge < -0.3 is 9.42 Å². The summed E-state index contributed by atoms with van der Waals surface area (Å²) in [5.74, 6) is 1.37. The van der Waals surface area contributed by atoms with E-state index in [1.54, 1.807) is 4.68 Å². The Morgan fingerprint density at radius 3 is 3.00 bits per heavy atom. The molecule has 2 aromatic heterocycles. The molecule has 0 aliphatic carbocycles. The van der Waals surface area contributed by atoms with Gasteiger partial charge in [-0.1, -0.05) is 36.4 Å². The van der Waals surface area contributed by atoms with Crippen molar-refractivity contribution in [2.75, 3.05) is 6.54 Å². The number of nitrogens with zero attached hydrogens (tertiary/aromatic N) is 6. The molecule has 0 saturated carbocycles. The maximum atomic E-state index is 12.8. The van der Waals surface area contributed by atoms with Gasteiger partial charge in [0.05, 0.1) is 11.6 Å². The Kier molecular flexibility index (Phi) is 3.95. The molecule has 8 nitrogen and oxygen atoms in total. The minimum Gasteiger partial charge on any atom is -0.339 e. The van der Waals surface area contributed by atoms with E-state index in [0.717, 1.165) is 23.9 Å². The molecule has 1 unspecified atom stereocenters. The quantitative estimate of drug-likeness (QED) is 0.724. The SMILES string of the molecule is CC(C)c1nc(C2CCCN2C(=O)Cn2nnc3ccccc32)no1. The highest BCUT2D eigenvalue weighted by Gasteiger charge is 2.33. The second kappa shape index (κ2) is 6.27. The van der Waals surface area contributed by atoms with Crippen molar-refractivity contribution in [1.82, 2.24) is 30.0 Å². The van der Waals surface area contributed by atoms with E-state index in [-0.39, 0.29) is 24.4 Å². The van der Waals surface area contributed by atoms with Gasteiger partial charge >= 0.3 is 0 Å². The van der Waals surface area contributed by atoms with Gasteiger partial charge in [-0.2, -0.15) is 4.98 Å². The fraction of sp³-hybridized carbons (Fsp3) is 0.471. The molecule has 4 rings (SSSR count). The van der Waals surface area contributed by atoms with Crippen LogP contribution in [0, 0.1) is 0 Å². The van der Waals surface area contributed by atoms with Gasteiger partial charge in [0.2, 0.25) is 11.8 Å². The maximum absolute atomic E-state index is 12.8. The molecular formula is C17H20N6O2. The average molecular weight is 340 g/mol. The predicted molar refractivity (Wildman–Crippen MR) is 89.6 cm³/mol. The first-order valence-electron chi connectivity index (χ1n) is 8.54. The van der Waals surface area contributed by atoms with Gasteiger partial charge in [-0.05, 0) is 25.0 Å². The van der Waals surface area contributed by atoms with Crippen molar-refractivity contribution in [3.63, 3.8) is 0 Å². The normalized spacial score (nSPS) is 17.7. The maximum Gasteiger partial charge on any atom is 0.245 e. The van der Waals surface area contributed by atoms with E-state index >= 15 is 0 Å². The number of carbonyl (C=O) groups is 1. The summed E-state index contributed by atoms with van der Waals surface area (Å²) < 4.78 is 6.95. The molecule has 130 valence electrons. The van der Waals surface area contributed by atoms with Crippen LogP contribution in [0.5, 0.6) is 0 Å². The van der Waals surface area contributed by atoms with E-state index in [9.17, 15) is 4.79 Å². The molecular weight excluding hydrogens is 320 g/mol. The lowest BCUT2D eigenvalue weighted by Gasteiger charge is -2.22. The minimum absolute atomic E-state index is 0.00551.